The van der Waals surface area contributed by atoms with Crippen LogP contribution >= 0.6 is 15.9 Å². The summed E-state index contributed by atoms with van der Waals surface area (Å²) in [6.07, 6.45) is 0.989. The lowest BCUT2D eigenvalue weighted by atomic mass is 10.0. The van der Waals surface area contributed by atoms with E-state index in [-0.39, 0.29) is 11.9 Å². The van der Waals surface area contributed by atoms with Gasteiger partial charge in [-0.2, -0.15) is 5.10 Å². The Bertz CT molecular complexity index is 595. The number of hydrogen-bond donors (Lipinski definition) is 1. The molecule has 108 valence electrons. The molecule has 0 aliphatic carbocycles. The average molecular weight is 340 g/mol. The first kappa shape index (κ1) is 15.2. The molecule has 20 heavy (non-hydrogen) atoms. The summed E-state index contributed by atoms with van der Waals surface area (Å²) in [5, 5.41) is 7.76. The second-order valence-corrected chi connectivity index (χ2v) is 5.80. The highest BCUT2D eigenvalue weighted by Gasteiger charge is 2.21. The third-order valence-electron chi connectivity index (χ3n) is 3.20. The molecule has 0 fully saturated rings. The van der Waals surface area contributed by atoms with Gasteiger partial charge in [0.15, 0.2) is 0 Å². The van der Waals surface area contributed by atoms with E-state index in [0.717, 1.165) is 28.8 Å². The van der Waals surface area contributed by atoms with Crippen LogP contribution in [0.25, 0.3) is 0 Å². The number of aryl methyl sites for hydroxylation is 2. The lowest BCUT2D eigenvalue weighted by molar-refractivity contribution is 0.519. The van der Waals surface area contributed by atoms with Gasteiger partial charge in [0.05, 0.1) is 17.4 Å². The molecule has 1 aromatic carbocycles. The van der Waals surface area contributed by atoms with Crippen molar-refractivity contribution in [2.45, 2.75) is 26.3 Å². The van der Waals surface area contributed by atoms with Crippen LogP contribution in [0, 0.1) is 12.7 Å². The fourth-order valence-corrected chi connectivity index (χ4v) is 2.68. The first-order valence-electron chi connectivity index (χ1n) is 6.71. The summed E-state index contributed by atoms with van der Waals surface area (Å²) in [6.45, 7) is 4.86. The van der Waals surface area contributed by atoms with Crippen molar-refractivity contribution in [2.24, 2.45) is 7.05 Å². The lowest BCUT2D eigenvalue weighted by Gasteiger charge is -2.20. The molecule has 0 amide bonds. The minimum Gasteiger partial charge on any atom is -0.305 e. The van der Waals surface area contributed by atoms with E-state index in [2.05, 4.69) is 33.3 Å². The van der Waals surface area contributed by atoms with E-state index in [9.17, 15) is 4.39 Å². The Balaban J connectivity index is 2.46. The molecule has 0 saturated carbocycles. The Hall–Kier alpha value is -1.20. The summed E-state index contributed by atoms with van der Waals surface area (Å²) in [6, 6.07) is 6.82. The van der Waals surface area contributed by atoms with Gasteiger partial charge >= 0.3 is 0 Å². The lowest BCUT2D eigenvalue weighted by Crippen LogP contribution is -2.26. The molecule has 0 aliphatic rings. The van der Waals surface area contributed by atoms with E-state index < -0.39 is 0 Å². The molecule has 0 bridgehead atoms. The van der Waals surface area contributed by atoms with Crippen molar-refractivity contribution in [3.63, 3.8) is 0 Å². The van der Waals surface area contributed by atoms with E-state index >= 15 is 0 Å². The maximum atomic E-state index is 14.2. The molecule has 1 atom stereocenters. The van der Waals surface area contributed by atoms with Crippen LogP contribution in [0.4, 0.5) is 4.39 Å². The number of nitrogens with one attached hydrogen (secondary N) is 1. The maximum Gasteiger partial charge on any atom is 0.128 e. The van der Waals surface area contributed by atoms with Gasteiger partial charge in [0.2, 0.25) is 0 Å². The van der Waals surface area contributed by atoms with Gasteiger partial charge in [-0.25, -0.2) is 4.39 Å². The average Bonchev–Trinajstić information content (AvgIpc) is 2.73. The van der Waals surface area contributed by atoms with Crippen molar-refractivity contribution >= 4 is 15.9 Å². The molecule has 5 heteroatoms. The highest BCUT2D eigenvalue weighted by Crippen LogP contribution is 2.27. The maximum absolute atomic E-state index is 14.2. The van der Waals surface area contributed by atoms with Gasteiger partial charge in [-0.3, -0.25) is 4.68 Å². The number of rotatable bonds is 5. The van der Waals surface area contributed by atoms with Crippen molar-refractivity contribution < 1.29 is 4.39 Å². The number of halogens is 2. The molecule has 0 radical (unpaired) electrons. The summed E-state index contributed by atoms with van der Waals surface area (Å²) < 4.78 is 16.9. The van der Waals surface area contributed by atoms with Crippen LogP contribution in [0.3, 0.4) is 0 Å². The van der Waals surface area contributed by atoms with Crippen molar-refractivity contribution in [3.05, 3.63) is 51.5 Å². The van der Waals surface area contributed by atoms with Gasteiger partial charge in [0.25, 0.3) is 0 Å². The van der Waals surface area contributed by atoms with Gasteiger partial charge in [-0.1, -0.05) is 22.9 Å². The van der Waals surface area contributed by atoms with E-state index in [1.54, 1.807) is 6.07 Å². The minimum absolute atomic E-state index is 0.196. The SMILES string of the molecule is CCCNC(c1cc(Br)ccc1F)c1cc(C)nn1C. The monoisotopic (exact) mass is 339 g/mol. The highest BCUT2D eigenvalue weighted by atomic mass is 79.9. The minimum atomic E-state index is -0.208. The summed E-state index contributed by atoms with van der Waals surface area (Å²) in [7, 11) is 1.89. The second kappa shape index (κ2) is 6.50. The molecule has 1 heterocycles. The van der Waals surface area contributed by atoms with Crippen LogP contribution in [0.2, 0.25) is 0 Å². The predicted molar refractivity (Wildman–Crippen MR) is 82.2 cm³/mol. The molecular weight excluding hydrogens is 321 g/mol. The number of benzene rings is 1. The van der Waals surface area contributed by atoms with Crippen molar-refractivity contribution in [3.8, 4) is 0 Å². The van der Waals surface area contributed by atoms with Crippen LogP contribution in [0.5, 0.6) is 0 Å². The van der Waals surface area contributed by atoms with Crippen molar-refractivity contribution in [1.82, 2.24) is 15.1 Å². The highest BCUT2D eigenvalue weighted by molar-refractivity contribution is 9.10. The van der Waals surface area contributed by atoms with Crippen LogP contribution < -0.4 is 5.32 Å². The standard InChI is InChI=1S/C15H19BrFN3/c1-4-7-18-15(14-8-10(2)19-20(14)3)12-9-11(16)5-6-13(12)17/h5-6,8-9,15,18H,4,7H2,1-3H3. The molecule has 1 N–H and O–H groups in total. The molecule has 0 aliphatic heterocycles. The Morgan fingerprint density at radius 2 is 2.15 bits per heavy atom. The largest absolute Gasteiger partial charge is 0.305 e. The number of hydrogen-bond acceptors (Lipinski definition) is 2. The summed E-state index contributed by atoms with van der Waals surface area (Å²) in [4.78, 5) is 0. The van der Waals surface area contributed by atoms with Crippen LogP contribution in [0.15, 0.2) is 28.7 Å². The third-order valence-corrected chi connectivity index (χ3v) is 3.69. The molecule has 1 aromatic heterocycles. The molecule has 1 unspecified atom stereocenters. The number of nitrogens with zero attached hydrogens (tertiary/aromatic N) is 2. The predicted octanol–water partition coefficient (Wildman–Crippen LogP) is 3.72. The Morgan fingerprint density at radius 1 is 1.40 bits per heavy atom. The Labute approximate surface area is 127 Å². The van der Waals surface area contributed by atoms with Crippen LogP contribution in [-0.4, -0.2) is 16.3 Å². The summed E-state index contributed by atoms with van der Waals surface area (Å²) >= 11 is 3.41. The normalized spacial score (nSPS) is 12.7. The first-order valence-corrected chi connectivity index (χ1v) is 7.51. The van der Waals surface area contributed by atoms with Gasteiger partial charge in [0.1, 0.15) is 5.82 Å². The molecule has 2 rings (SSSR count). The smallest absolute Gasteiger partial charge is 0.128 e. The topological polar surface area (TPSA) is 29.9 Å². The molecule has 2 aromatic rings. The Morgan fingerprint density at radius 3 is 2.75 bits per heavy atom. The fraction of sp³-hybridized carbons (Fsp3) is 0.400. The summed E-state index contributed by atoms with van der Waals surface area (Å²) in [5.41, 5.74) is 2.53. The van der Waals surface area contributed by atoms with E-state index in [1.165, 1.54) is 6.07 Å². The fourth-order valence-electron chi connectivity index (χ4n) is 2.30. The third kappa shape index (κ3) is 3.27. The zero-order valence-corrected chi connectivity index (χ0v) is 13.5. The van der Waals surface area contributed by atoms with E-state index in [4.69, 9.17) is 0 Å². The van der Waals surface area contributed by atoms with Crippen molar-refractivity contribution in [1.29, 1.82) is 0 Å². The van der Waals surface area contributed by atoms with E-state index in [1.807, 2.05) is 30.8 Å². The second-order valence-electron chi connectivity index (χ2n) is 4.89. The van der Waals surface area contributed by atoms with Gasteiger partial charge in [-0.05, 0) is 44.2 Å². The quantitative estimate of drug-likeness (QED) is 0.899. The Kier molecular flexibility index (Phi) is 4.94. The molecule has 3 nitrogen and oxygen atoms in total. The van der Waals surface area contributed by atoms with Crippen LogP contribution in [-0.2, 0) is 7.05 Å². The van der Waals surface area contributed by atoms with E-state index in [0.29, 0.717) is 5.56 Å². The molecule has 0 saturated heterocycles. The zero-order valence-electron chi connectivity index (χ0n) is 12.0. The van der Waals surface area contributed by atoms with Gasteiger partial charge in [-0.15, -0.1) is 0 Å². The first-order chi connectivity index (χ1) is 9.52. The summed E-state index contributed by atoms with van der Waals surface area (Å²) in [5.74, 6) is -0.208. The van der Waals surface area contributed by atoms with Crippen molar-refractivity contribution in [2.75, 3.05) is 6.54 Å². The number of aromatic nitrogens is 2. The molecular formula is C15H19BrFN3. The van der Waals surface area contributed by atoms with Crippen LogP contribution in [0.1, 0.15) is 36.3 Å². The zero-order chi connectivity index (χ0) is 14.7. The van der Waals surface area contributed by atoms with Gasteiger partial charge in [0, 0.05) is 17.1 Å². The van der Waals surface area contributed by atoms with Gasteiger partial charge < -0.3 is 5.32 Å². The molecule has 0 spiro atoms.